The normalized spacial score (nSPS) is 29.0. The number of unbranched alkanes of at least 4 members (excludes halogenated alkanes) is 1. The third-order valence-corrected chi connectivity index (χ3v) is 9.35. The zero-order chi connectivity index (χ0) is 24.1. The molecule has 6 rings (SSSR count). The number of halogens is 1. The maximum Gasteiger partial charge on any atom is 0.336 e. The monoisotopic (exact) mass is 496 g/mol. The molecule has 0 spiro atoms. The van der Waals surface area contributed by atoms with Crippen LogP contribution in [-0.4, -0.2) is 46.6 Å². The fourth-order valence-corrected chi connectivity index (χ4v) is 7.79. The number of phenols is 1. The number of benzene rings is 1. The quantitative estimate of drug-likeness (QED) is 0.413. The van der Waals surface area contributed by atoms with Gasteiger partial charge >= 0.3 is 5.63 Å². The third-order valence-electron chi connectivity index (χ3n) is 9.06. The van der Waals surface area contributed by atoms with Crippen LogP contribution in [-0.2, 0) is 13.0 Å². The Bertz CT molecular complexity index is 1200. The van der Waals surface area contributed by atoms with Gasteiger partial charge in [-0.3, -0.25) is 9.80 Å². The van der Waals surface area contributed by atoms with Crippen LogP contribution in [0.15, 0.2) is 33.0 Å². The van der Waals surface area contributed by atoms with Crippen LogP contribution in [0.25, 0.3) is 11.0 Å². The number of aromatic hydroxyl groups is 1. The van der Waals surface area contributed by atoms with Crippen molar-refractivity contribution in [1.29, 1.82) is 0 Å². The molecule has 5 nitrogen and oxygen atoms in total. The predicted molar refractivity (Wildman–Crippen MR) is 140 cm³/mol. The summed E-state index contributed by atoms with van der Waals surface area (Å²) >= 11 is 6.55. The molecule has 4 heterocycles. The van der Waals surface area contributed by atoms with Gasteiger partial charge in [0.25, 0.3) is 0 Å². The average Bonchev–Trinajstić information content (AvgIpc) is 2.86. The first-order valence-corrected chi connectivity index (χ1v) is 14.1. The van der Waals surface area contributed by atoms with Gasteiger partial charge in [0, 0.05) is 36.6 Å². The number of nitrogens with zero attached hydrogens (tertiary/aromatic N) is 2. The van der Waals surface area contributed by atoms with Gasteiger partial charge in [0.2, 0.25) is 0 Å². The third kappa shape index (κ3) is 4.24. The minimum atomic E-state index is -0.352. The standard InChI is InChI=1S/C29H37ClN2O3/c1-2-3-7-18-14-26(33)35-29-22(18)15-24(30)28(34)23(29)17-32-11-6-8-19-12-20-13-21(27(19)32)16-31-10-5-4-9-25(20)31/h12,14-15,20-21,25,27,34H,2-11,13,16-17H2,1H3/t20-,21-,25?,27+/m0/s1. The summed E-state index contributed by atoms with van der Waals surface area (Å²) in [5.41, 5.74) is 3.38. The van der Waals surface area contributed by atoms with Crippen molar-refractivity contribution in [1.82, 2.24) is 9.80 Å². The molecule has 2 aromatic rings. The first-order valence-electron chi connectivity index (χ1n) is 13.7. The number of likely N-dealkylation sites (tertiary alicyclic amines) is 1. The van der Waals surface area contributed by atoms with Crippen molar-refractivity contribution in [3.05, 3.63) is 50.4 Å². The molecule has 4 aliphatic rings. The van der Waals surface area contributed by atoms with Crippen LogP contribution in [0.4, 0.5) is 0 Å². The number of piperidine rings is 3. The summed E-state index contributed by atoms with van der Waals surface area (Å²) in [7, 11) is 0. The molecule has 3 aliphatic heterocycles. The van der Waals surface area contributed by atoms with Gasteiger partial charge in [0.05, 0.1) is 10.6 Å². The van der Waals surface area contributed by atoms with Crippen molar-refractivity contribution in [2.45, 2.75) is 83.3 Å². The van der Waals surface area contributed by atoms with Gasteiger partial charge in [-0.25, -0.2) is 4.79 Å². The molecule has 0 radical (unpaired) electrons. The minimum absolute atomic E-state index is 0.0551. The molecule has 4 atom stereocenters. The smallest absolute Gasteiger partial charge is 0.336 e. The first-order chi connectivity index (χ1) is 17.0. The highest BCUT2D eigenvalue weighted by Gasteiger charge is 2.46. The van der Waals surface area contributed by atoms with Crippen LogP contribution in [0.5, 0.6) is 5.75 Å². The number of hydrogen-bond donors (Lipinski definition) is 1. The van der Waals surface area contributed by atoms with Crippen LogP contribution in [0.2, 0.25) is 5.02 Å². The van der Waals surface area contributed by atoms with E-state index < -0.39 is 0 Å². The Hall–Kier alpha value is -1.82. The fourth-order valence-electron chi connectivity index (χ4n) is 7.57. The van der Waals surface area contributed by atoms with E-state index in [0.29, 0.717) is 40.6 Å². The molecule has 1 aromatic heterocycles. The van der Waals surface area contributed by atoms with Crippen LogP contribution in [0.3, 0.4) is 0 Å². The molecule has 0 amide bonds. The Morgan fingerprint density at radius 1 is 1.20 bits per heavy atom. The van der Waals surface area contributed by atoms with Crippen LogP contribution in [0, 0.1) is 11.8 Å². The molecule has 2 bridgehead atoms. The Morgan fingerprint density at radius 2 is 2.09 bits per heavy atom. The van der Waals surface area contributed by atoms with Gasteiger partial charge in [-0.15, -0.1) is 0 Å². The summed E-state index contributed by atoms with van der Waals surface area (Å²) in [6.07, 6.45) is 13.1. The predicted octanol–water partition coefficient (Wildman–Crippen LogP) is 5.89. The molecule has 1 N–H and O–H groups in total. The van der Waals surface area contributed by atoms with E-state index in [-0.39, 0.29) is 11.4 Å². The second-order valence-corrected chi connectivity index (χ2v) is 11.6. The lowest BCUT2D eigenvalue weighted by Gasteiger charge is -2.54. The number of rotatable bonds is 5. The van der Waals surface area contributed by atoms with Crippen LogP contribution >= 0.6 is 11.6 Å². The minimum Gasteiger partial charge on any atom is -0.506 e. The SMILES string of the molecule is CCCCc1cc(=O)oc2c(CN3CCCC4=C[C@H]5C[C@@H](CN6CCCCC56)[C@@H]43)c(O)c(Cl)cc12. The van der Waals surface area contributed by atoms with Gasteiger partial charge in [-0.2, -0.15) is 0 Å². The number of fused-ring (bicyclic) bond motifs is 7. The highest BCUT2D eigenvalue weighted by Crippen LogP contribution is 2.46. The molecular weight excluding hydrogens is 460 g/mol. The molecular formula is C29H37ClN2O3. The molecule has 3 fully saturated rings. The second kappa shape index (κ2) is 9.57. The van der Waals surface area contributed by atoms with E-state index in [1.165, 1.54) is 45.2 Å². The van der Waals surface area contributed by atoms with E-state index in [1.54, 1.807) is 17.7 Å². The Labute approximate surface area is 212 Å². The van der Waals surface area contributed by atoms with Crippen LogP contribution < -0.4 is 5.63 Å². The van der Waals surface area contributed by atoms with Crippen molar-refractivity contribution in [3.8, 4) is 5.75 Å². The van der Waals surface area contributed by atoms with Crippen molar-refractivity contribution < 1.29 is 9.52 Å². The molecule has 3 saturated heterocycles. The van der Waals surface area contributed by atoms with Gasteiger partial charge < -0.3 is 9.52 Å². The molecule has 6 heteroatoms. The van der Waals surface area contributed by atoms with Crippen molar-refractivity contribution in [3.63, 3.8) is 0 Å². The highest BCUT2D eigenvalue weighted by molar-refractivity contribution is 6.33. The first kappa shape index (κ1) is 23.6. The lowest BCUT2D eigenvalue weighted by Crippen LogP contribution is -2.59. The van der Waals surface area contributed by atoms with E-state index in [0.717, 1.165) is 49.2 Å². The molecule has 1 aromatic carbocycles. The Kier molecular flexibility index (Phi) is 6.44. The summed E-state index contributed by atoms with van der Waals surface area (Å²) in [6.45, 7) is 6.10. The van der Waals surface area contributed by atoms with E-state index >= 15 is 0 Å². The molecule has 1 aliphatic carbocycles. The number of phenolic OH excluding ortho intramolecular Hbond substituents is 1. The maximum absolute atomic E-state index is 12.5. The lowest BCUT2D eigenvalue weighted by molar-refractivity contribution is -0.00274. The van der Waals surface area contributed by atoms with E-state index in [1.807, 2.05) is 0 Å². The summed E-state index contributed by atoms with van der Waals surface area (Å²) in [5.74, 6) is 1.37. The summed E-state index contributed by atoms with van der Waals surface area (Å²) < 4.78 is 5.76. The van der Waals surface area contributed by atoms with Crippen molar-refractivity contribution >= 4 is 22.6 Å². The second-order valence-electron chi connectivity index (χ2n) is 11.2. The zero-order valence-corrected chi connectivity index (χ0v) is 21.5. The van der Waals surface area contributed by atoms with Gasteiger partial charge in [-0.1, -0.05) is 43.0 Å². The van der Waals surface area contributed by atoms with Gasteiger partial charge in [0.15, 0.2) is 0 Å². The highest BCUT2D eigenvalue weighted by atomic mass is 35.5. The summed E-state index contributed by atoms with van der Waals surface area (Å²) in [6, 6.07) is 4.50. The van der Waals surface area contributed by atoms with Crippen LogP contribution in [0.1, 0.15) is 69.4 Å². The summed E-state index contributed by atoms with van der Waals surface area (Å²) in [5, 5.41) is 12.3. The zero-order valence-electron chi connectivity index (χ0n) is 20.8. The molecule has 35 heavy (non-hydrogen) atoms. The Morgan fingerprint density at radius 3 is 2.94 bits per heavy atom. The van der Waals surface area contributed by atoms with E-state index in [2.05, 4.69) is 22.8 Å². The summed E-state index contributed by atoms with van der Waals surface area (Å²) in [4.78, 5) is 17.8. The molecule has 0 saturated carbocycles. The van der Waals surface area contributed by atoms with Gasteiger partial charge in [0.1, 0.15) is 11.3 Å². The number of aryl methyl sites for hydroxylation is 1. The largest absolute Gasteiger partial charge is 0.506 e. The van der Waals surface area contributed by atoms with E-state index in [9.17, 15) is 9.90 Å². The molecule has 188 valence electrons. The fraction of sp³-hybridized carbons (Fsp3) is 0.621. The van der Waals surface area contributed by atoms with Gasteiger partial charge in [-0.05, 0) is 81.5 Å². The average molecular weight is 497 g/mol. The maximum atomic E-state index is 12.5. The topological polar surface area (TPSA) is 56.9 Å². The van der Waals surface area contributed by atoms with Crippen molar-refractivity contribution in [2.75, 3.05) is 19.6 Å². The lowest BCUT2D eigenvalue weighted by atomic mass is 9.68. The van der Waals surface area contributed by atoms with Crippen molar-refractivity contribution in [2.24, 2.45) is 11.8 Å². The Balaban J connectivity index is 1.37. The van der Waals surface area contributed by atoms with E-state index in [4.69, 9.17) is 16.0 Å². The number of hydrogen-bond acceptors (Lipinski definition) is 5. The molecule has 1 unspecified atom stereocenters.